The summed E-state index contributed by atoms with van der Waals surface area (Å²) in [5, 5.41) is 8.75. The molecule has 0 bridgehead atoms. The fraction of sp³-hybridized carbons (Fsp3) is 0.600. The molecule has 0 aliphatic rings. The Hall–Kier alpha value is -1.32. The largest absolute Gasteiger partial charge is 0.513 e. The summed E-state index contributed by atoms with van der Waals surface area (Å²) in [6, 6.07) is 0. The molecule has 4 nitrogen and oxygen atoms in total. The summed E-state index contributed by atoms with van der Waals surface area (Å²) in [5.41, 5.74) is 0. The van der Waals surface area contributed by atoms with Crippen LogP contribution >= 0.6 is 0 Å². The van der Waals surface area contributed by atoms with E-state index in [4.69, 9.17) is 5.11 Å². The highest BCUT2D eigenvalue weighted by Gasteiger charge is 2.12. The molecule has 0 spiro atoms. The zero-order valence-electron chi connectivity index (χ0n) is 8.41. The van der Waals surface area contributed by atoms with Gasteiger partial charge < -0.3 is 9.84 Å². The van der Waals surface area contributed by atoms with Crippen LogP contribution in [0.4, 0.5) is 0 Å². The molecule has 0 rings (SSSR count). The number of ketones is 1. The minimum atomic E-state index is -0.781. The first kappa shape index (κ1) is 12.7. The smallest absolute Gasteiger partial charge is 0.374 e. The van der Waals surface area contributed by atoms with Crippen LogP contribution in [0.5, 0.6) is 0 Å². The van der Waals surface area contributed by atoms with E-state index in [1.165, 1.54) is 7.11 Å². The Morgan fingerprint density at radius 3 is 2.29 bits per heavy atom. The Labute approximate surface area is 83.6 Å². The third-order valence-electron chi connectivity index (χ3n) is 1.78. The molecule has 0 aromatic carbocycles. The normalized spacial score (nSPS) is 9.50. The second-order valence-electron chi connectivity index (χ2n) is 3.04. The van der Waals surface area contributed by atoms with Gasteiger partial charge in [0.05, 0.1) is 12.9 Å². The number of carbonyl (C=O) groups is 2. The molecule has 0 aliphatic heterocycles. The molecule has 0 heterocycles. The molecule has 0 aromatic rings. The summed E-state index contributed by atoms with van der Waals surface area (Å²) in [6.07, 6.45) is 2.98. The molecule has 0 fully saturated rings. The molecule has 0 atom stereocenters. The van der Waals surface area contributed by atoms with Crippen molar-refractivity contribution < 1.29 is 19.4 Å². The van der Waals surface area contributed by atoms with Gasteiger partial charge in [-0.3, -0.25) is 4.79 Å². The maximum absolute atomic E-state index is 10.9. The lowest BCUT2D eigenvalue weighted by Gasteiger charge is -1.99. The van der Waals surface area contributed by atoms with Crippen LogP contribution in [0.3, 0.4) is 0 Å². The Morgan fingerprint density at radius 2 is 1.79 bits per heavy atom. The Morgan fingerprint density at radius 1 is 1.21 bits per heavy atom. The fourth-order valence-corrected chi connectivity index (χ4v) is 1.01. The number of hydrogen-bond acceptors (Lipinski definition) is 4. The number of aliphatic hydroxyl groups is 1. The lowest BCUT2D eigenvalue weighted by molar-refractivity contribution is -0.151. The highest BCUT2D eigenvalue weighted by Crippen LogP contribution is 2.07. The van der Waals surface area contributed by atoms with E-state index in [0.29, 0.717) is 12.8 Å². The van der Waals surface area contributed by atoms with Crippen molar-refractivity contribution in [3.8, 4) is 0 Å². The van der Waals surface area contributed by atoms with Gasteiger partial charge in [-0.1, -0.05) is 13.0 Å². The number of Topliss-reactive ketones (excluding diaryl/α,β-unsaturated/α-hetero) is 1. The van der Waals surface area contributed by atoms with E-state index in [2.05, 4.69) is 11.3 Å². The van der Waals surface area contributed by atoms with Crippen molar-refractivity contribution in [3.05, 3.63) is 12.3 Å². The highest BCUT2D eigenvalue weighted by atomic mass is 16.5. The van der Waals surface area contributed by atoms with Crippen LogP contribution in [0.25, 0.3) is 0 Å². The second-order valence-corrected chi connectivity index (χ2v) is 3.04. The van der Waals surface area contributed by atoms with Crippen LogP contribution in [0.2, 0.25) is 0 Å². The van der Waals surface area contributed by atoms with Crippen molar-refractivity contribution >= 4 is 11.8 Å². The Balaban J connectivity index is 3.41. The zero-order chi connectivity index (χ0) is 11.0. The average molecular weight is 200 g/mol. The topological polar surface area (TPSA) is 63.6 Å². The molecular weight excluding hydrogens is 184 g/mol. The number of unbranched alkanes of at least 4 members (excludes halogenated alkanes) is 2. The molecule has 0 saturated carbocycles. The number of hydrogen-bond donors (Lipinski definition) is 1. The van der Waals surface area contributed by atoms with Crippen molar-refractivity contribution in [1.82, 2.24) is 0 Å². The van der Waals surface area contributed by atoms with Gasteiger partial charge in [0, 0.05) is 12.8 Å². The van der Waals surface area contributed by atoms with Crippen LogP contribution in [0.15, 0.2) is 12.3 Å². The predicted octanol–water partition coefficient (Wildman–Crippen LogP) is 1.75. The van der Waals surface area contributed by atoms with Crippen molar-refractivity contribution in [2.45, 2.75) is 32.1 Å². The minimum Gasteiger partial charge on any atom is -0.513 e. The third-order valence-corrected chi connectivity index (χ3v) is 1.78. The maximum Gasteiger partial charge on any atom is 0.374 e. The van der Waals surface area contributed by atoms with E-state index in [1.807, 2.05) is 0 Å². The molecule has 0 aromatic heterocycles. The first-order valence-corrected chi connectivity index (χ1v) is 4.55. The second kappa shape index (κ2) is 7.12. The van der Waals surface area contributed by atoms with Crippen molar-refractivity contribution in [2.75, 3.05) is 7.11 Å². The fourth-order valence-electron chi connectivity index (χ4n) is 1.01. The molecule has 0 amide bonds. The summed E-state index contributed by atoms with van der Waals surface area (Å²) in [6.45, 7) is 3.34. The number of allylic oxidation sites excluding steroid dienone is 1. The number of carbonyl (C=O) groups excluding carboxylic acids is 2. The van der Waals surface area contributed by atoms with Crippen molar-refractivity contribution in [3.63, 3.8) is 0 Å². The summed E-state index contributed by atoms with van der Waals surface area (Å²) < 4.78 is 4.26. The Bertz CT molecular complexity index is 220. The molecule has 0 radical (unpaired) electrons. The number of aliphatic hydroxyl groups excluding tert-OH is 1. The van der Waals surface area contributed by atoms with Crippen LogP contribution < -0.4 is 0 Å². The maximum atomic E-state index is 10.9. The lowest BCUT2D eigenvalue weighted by atomic mass is 10.1. The van der Waals surface area contributed by atoms with Gasteiger partial charge in [-0.05, 0) is 12.8 Å². The molecule has 0 unspecified atom stereocenters. The van der Waals surface area contributed by atoms with Gasteiger partial charge in [0.2, 0.25) is 5.78 Å². The minimum absolute atomic E-state index is 0.157. The highest BCUT2D eigenvalue weighted by molar-refractivity contribution is 6.33. The van der Waals surface area contributed by atoms with E-state index >= 15 is 0 Å². The number of ether oxygens (including phenoxy) is 1. The van der Waals surface area contributed by atoms with E-state index in [0.717, 1.165) is 12.8 Å². The van der Waals surface area contributed by atoms with Gasteiger partial charge in [0.15, 0.2) is 0 Å². The zero-order valence-corrected chi connectivity index (χ0v) is 8.41. The van der Waals surface area contributed by atoms with Crippen molar-refractivity contribution in [2.24, 2.45) is 0 Å². The van der Waals surface area contributed by atoms with E-state index in [9.17, 15) is 9.59 Å². The molecule has 0 saturated heterocycles. The van der Waals surface area contributed by atoms with Crippen LogP contribution in [-0.2, 0) is 14.3 Å². The van der Waals surface area contributed by atoms with E-state index < -0.39 is 11.8 Å². The van der Waals surface area contributed by atoms with Crippen LogP contribution in [0, 0.1) is 0 Å². The van der Waals surface area contributed by atoms with Gasteiger partial charge >= 0.3 is 5.97 Å². The average Bonchev–Trinajstić information content (AvgIpc) is 2.15. The van der Waals surface area contributed by atoms with Crippen LogP contribution in [0.1, 0.15) is 32.1 Å². The van der Waals surface area contributed by atoms with Crippen LogP contribution in [-0.4, -0.2) is 24.0 Å². The number of rotatable bonds is 7. The summed E-state index contributed by atoms with van der Waals surface area (Å²) >= 11 is 0. The molecule has 4 heteroatoms. The molecule has 0 aliphatic carbocycles. The predicted molar refractivity (Wildman–Crippen MR) is 51.9 cm³/mol. The quantitative estimate of drug-likeness (QED) is 0.294. The van der Waals surface area contributed by atoms with E-state index in [1.54, 1.807) is 0 Å². The molecule has 14 heavy (non-hydrogen) atoms. The molecular formula is C10H16O4. The van der Waals surface area contributed by atoms with Gasteiger partial charge in [0.25, 0.3) is 0 Å². The van der Waals surface area contributed by atoms with Gasteiger partial charge in [0.1, 0.15) is 0 Å². The van der Waals surface area contributed by atoms with Gasteiger partial charge in [-0.15, -0.1) is 0 Å². The first-order valence-electron chi connectivity index (χ1n) is 4.55. The summed E-state index contributed by atoms with van der Waals surface area (Å²) in [7, 11) is 1.19. The van der Waals surface area contributed by atoms with Gasteiger partial charge in [-0.2, -0.15) is 0 Å². The van der Waals surface area contributed by atoms with Gasteiger partial charge in [-0.25, -0.2) is 4.79 Å². The summed E-state index contributed by atoms with van der Waals surface area (Å²) in [5.74, 6) is -1.11. The third kappa shape index (κ3) is 6.22. The molecule has 80 valence electrons. The molecule has 1 N–H and O–H groups in total. The Kier molecular flexibility index (Phi) is 6.45. The first-order chi connectivity index (χ1) is 6.57. The standard InChI is InChI=1S/C10H16O4/c1-8(11)6-4-3-5-7-9(12)10(13)14-2/h11H,1,3-7H2,2H3. The SMILES string of the molecule is C=C(O)CCCCCC(=O)C(=O)OC. The number of methoxy groups -OCH3 is 1. The monoisotopic (exact) mass is 200 g/mol. The van der Waals surface area contributed by atoms with Crippen molar-refractivity contribution in [1.29, 1.82) is 0 Å². The number of esters is 1. The van der Waals surface area contributed by atoms with E-state index in [-0.39, 0.29) is 12.2 Å². The summed E-state index contributed by atoms with van der Waals surface area (Å²) in [4.78, 5) is 21.6. The lowest BCUT2D eigenvalue weighted by Crippen LogP contribution is -2.14.